The molecule has 0 bridgehead atoms. The van der Waals surface area contributed by atoms with E-state index < -0.39 is 5.54 Å². The monoisotopic (exact) mass is 294 g/mol. The number of ether oxygens (including phenoxy) is 1. The van der Waals surface area contributed by atoms with Crippen molar-refractivity contribution in [3.63, 3.8) is 0 Å². The second kappa shape index (κ2) is 5.54. The normalized spacial score (nSPS) is 13.7. The molecule has 2 rings (SSSR count). The van der Waals surface area contributed by atoms with Crippen LogP contribution in [-0.2, 0) is 10.3 Å². The topological polar surface area (TPSA) is 44.1 Å². The number of benzene rings is 1. The molecule has 2 aromatic rings. The van der Waals surface area contributed by atoms with Gasteiger partial charge in [0, 0.05) is 7.11 Å². The van der Waals surface area contributed by atoms with Crippen LogP contribution in [0.1, 0.15) is 32.0 Å². The minimum Gasteiger partial charge on any atom is -0.382 e. The predicted octanol–water partition coefficient (Wildman–Crippen LogP) is 3.08. The summed E-state index contributed by atoms with van der Waals surface area (Å²) in [6.07, 6.45) is 0. The standard InChI is InChI=1S/C15H19ClN2O2/c1-10(16)13-17-12-8-6-5-7-11(12)14(19)18(13)15(2,3)9-20-4/h5-8,10H,9H2,1-4H3. The summed E-state index contributed by atoms with van der Waals surface area (Å²) in [5.74, 6) is 0.567. The largest absolute Gasteiger partial charge is 0.382 e. The number of methoxy groups -OCH3 is 1. The van der Waals surface area contributed by atoms with Crippen molar-refractivity contribution >= 4 is 22.5 Å². The van der Waals surface area contributed by atoms with Gasteiger partial charge in [-0.15, -0.1) is 11.6 Å². The highest BCUT2D eigenvalue weighted by atomic mass is 35.5. The van der Waals surface area contributed by atoms with Gasteiger partial charge >= 0.3 is 0 Å². The number of para-hydroxylation sites is 1. The van der Waals surface area contributed by atoms with Gasteiger partial charge in [-0.05, 0) is 32.9 Å². The average Bonchev–Trinajstić information content (AvgIpc) is 2.38. The van der Waals surface area contributed by atoms with Gasteiger partial charge in [-0.25, -0.2) is 4.98 Å². The van der Waals surface area contributed by atoms with Gasteiger partial charge in [0.05, 0.1) is 28.4 Å². The van der Waals surface area contributed by atoms with Crippen LogP contribution in [0, 0.1) is 0 Å². The smallest absolute Gasteiger partial charge is 0.262 e. The zero-order valence-electron chi connectivity index (χ0n) is 12.2. The Morgan fingerprint density at radius 1 is 1.40 bits per heavy atom. The Morgan fingerprint density at radius 3 is 2.65 bits per heavy atom. The molecule has 0 N–H and O–H groups in total. The van der Waals surface area contributed by atoms with Crippen molar-refractivity contribution in [2.24, 2.45) is 0 Å². The molecule has 1 unspecified atom stereocenters. The fraction of sp³-hybridized carbons (Fsp3) is 0.467. The molecule has 5 heteroatoms. The summed E-state index contributed by atoms with van der Waals surface area (Å²) >= 11 is 6.22. The average molecular weight is 295 g/mol. The summed E-state index contributed by atoms with van der Waals surface area (Å²) in [6.45, 7) is 6.11. The first-order valence-corrected chi connectivity index (χ1v) is 6.97. The van der Waals surface area contributed by atoms with Gasteiger partial charge in [-0.3, -0.25) is 9.36 Å². The number of hydrogen-bond acceptors (Lipinski definition) is 3. The van der Waals surface area contributed by atoms with Crippen LogP contribution in [0.2, 0.25) is 0 Å². The van der Waals surface area contributed by atoms with Crippen molar-refractivity contribution in [1.29, 1.82) is 0 Å². The van der Waals surface area contributed by atoms with E-state index in [2.05, 4.69) is 4.98 Å². The van der Waals surface area contributed by atoms with Gasteiger partial charge in [0.25, 0.3) is 5.56 Å². The Morgan fingerprint density at radius 2 is 2.05 bits per heavy atom. The first kappa shape index (κ1) is 15.0. The molecule has 20 heavy (non-hydrogen) atoms. The number of hydrogen-bond donors (Lipinski definition) is 0. The van der Waals surface area contributed by atoms with Crippen molar-refractivity contribution in [3.05, 3.63) is 40.4 Å². The molecule has 108 valence electrons. The highest BCUT2D eigenvalue weighted by molar-refractivity contribution is 6.20. The number of rotatable bonds is 4. The van der Waals surface area contributed by atoms with Crippen LogP contribution < -0.4 is 5.56 Å². The minimum atomic E-state index is -0.513. The number of halogens is 1. The molecule has 1 aromatic heterocycles. The quantitative estimate of drug-likeness (QED) is 0.814. The third kappa shape index (κ3) is 2.58. The molecular formula is C15H19ClN2O2. The lowest BCUT2D eigenvalue weighted by Gasteiger charge is -2.30. The zero-order valence-corrected chi connectivity index (χ0v) is 12.9. The molecule has 0 amide bonds. The molecule has 0 fully saturated rings. The number of nitrogens with zero attached hydrogens (tertiary/aromatic N) is 2. The molecule has 1 atom stereocenters. The van der Waals surface area contributed by atoms with Crippen molar-refractivity contribution < 1.29 is 4.74 Å². The maximum atomic E-state index is 12.8. The van der Waals surface area contributed by atoms with Crippen molar-refractivity contribution in [2.45, 2.75) is 31.7 Å². The Hall–Kier alpha value is -1.39. The van der Waals surface area contributed by atoms with E-state index in [4.69, 9.17) is 16.3 Å². The SMILES string of the molecule is COCC(C)(C)n1c(C(C)Cl)nc2ccccc2c1=O. The van der Waals surface area contributed by atoms with E-state index in [0.29, 0.717) is 23.3 Å². The van der Waals surface area contributed by atoms with Gasteiger partial charge < -0.3 is 4.74 Å². The van der Waals surface area contributed by atoms with E-state index in [9.17, 15) is 4.79 Å². The summed E-state index contributed by atoms with van der Waals surface area (Å²) in [4.78, 5) is 17.3. The molecule has 1 heterocycles. The summed E-state index contributed by atoms with van der Waals surface area (Å²) in [7, 11) is 1.62. The van der Waals surface area contributed by atoms with Gasteiger partial charge in [0.15, 0.2) is 0 Å². The lowest BCUT2D eigenvalue weighted by molar-refractivity contribution is 0.105. The molecule has 0 aliphatic heterocycles. The second-order valence-corrected chi connectivity index (χ2v) is 6.14. The maximum Gasteiger partial charge on any atom is 0.262 e. The maximum absolute atomic E-state index is 12.8. The Bertz CT molecular complexity index is 677. The zero-order chi connectivity index (χ0) is 14.9. The molecule has 0 saturated carbocycles. The summed E-state index contributed by atoms with van der Waals surface area (Å²) in [5.41, 5.74) is 0.0751. The van der Waals surface area contributed by atoms with Crippen LogP contribution in [0.3, 0.4) is 0 Å². The van der Waals surface area contributed by atoms with E-state index in [1.807, 2.05) is 39.0 Å². The fourth-order valence-corrected chi connectivity index (χ4v) is 2.57. The minimum absolute atomic E-state index is 0.0832. The highest BCUT2D eigenvalue weighted by Crippen LogP contribution is 2.24. The van der Waals surface area contributed by atoms with Crippen molar-refractivity contribution in [1.82, 2.24) is 9.55 Å². The van der Waals surface area contributed by atoms with Crippen LogP contribution in [0.5, 0.6) is 0 Å². The lowest BCUT2D eigenvalue weighted by Crippen LogP contribution is -2.42. The van der Waals surface area contributed by atoms with Crippen LogP contribution in [0.4, 0.5) is 0 Å². The van der Waals surface area contributed by atoms with E-state index in [0.717, 1.165) is 0 Å². The van der Waals surface area contributed by atoms with E-state index in [-0.39, 0.29) is 10.9 Å². The summed E-state index contributed by atoms with van der Waals surface area (Å²) in [5, 5.41) is 0.237. The van der Waals surface area contributed by atoms with E-state index in [1.54, 1.807) is 17.7 Å². The van der Waals surface area contributed by atoms with Crippen molar-refractivity contribution in [2.75, 3.05) is 13.7 Å². The Balaban J connectivity index is 2.83. The molecule has 0 aliphatic carbocycles. The summed E-state index contributed by atoms with van der Waals surface area (Å²) < 4.78 is 6.88. The highest BCUT2D eigenvalue weighted by Gasteiger charge is 2.27. The molecule has 0 radical (unpaired) electrons. The first-order valence-electron chi connectivity index (χ1n) is 6.53. The summed E-state index contributed by atoms with van der Waals surface area (Å²) in [6, 6.07) is 7.31. The molecule has 0 aliphatic rings. The molecule has 1 aromatic carbocycles. The van der Waals surface area contributed by atoms with Crippen molar-refractivity contribution in [3.8, 4) is 0 Å². The van der Waals surface area contributed by atoms with Crippen LogP contribution in [-0.4, -0.2) is 23.3 Å². The molecule has 0 saturated heterocycles. The Labute approximate surface area is 123 Å². The van der Waals surface area contributed by atoms with Gasteiger partial charge in [-0.2, -0.15) is 0 Å². The third-order valence-electron chi connectivity index (χ3n) is 3.26. The predicted molar refractivity (Wildman–Crippen MR) is 81.5 cm³/mol. The van der Waals surface area contributed by atoms with Crippen LogP contribution in [0.15, 0.2) is 29.1 Å². The lowest BCUT2D eigenvalue weighted by atomic mass is 10.1. The van der Waals surface area contributed by atoms with Crippen LogP contribution in [0.25, 0.3) is 10.9 Å². The molecule has 0 spiro atoms. The van der Waals surface area contributed by atoms with Gasteiger partial charge in [0.1, 0.15) is 5.82 Å². The Kier molecular flexibility index (Phi) is 4.16. The number of aromatic nitrogens is 2. The molecule has 4 nitrogen and oxygen atoms in total. The number of fused-ring (bicyclic) bond motifs is 1. The fourth-order valence-electron chi connectivity index (χ4n) is 2.42. The van der Waals surface area contributed by atoms with Gasteiger partial charge in [-0.1, -0.05) is 12.1 Å². The second-order valence-electron chi connectivity index (χ2n) is 5.49. The number of alkyl halides is 1. The van der Waals surface area contributed by atoms with E-state index in [1.165, 1.54) is 0 Å². The van der Waals surface area contributed by atoms with Gasteiger partial charge in [0.2, 0.25) is 0 Å². The molecular weight excluding hydrogens is 276 g/mol. The first-order chi connectivity index (χ1) is 9.38. The third-order valence-corrected chi connectivity index (χ3v) is 3.46. The van der Waals surface area contributed by atoms with Crippen LogP contribution >= 0.6 is 11.6 Å². The van der Waals surface area contributed by atoms with E-state index >= 15 is 0 Å².